The van der Waals surface area contributed by atoms with Crippen molar-refractivity contribution in [3.63, 3.8) is 0 Å². The van der Waals surface area contributed by atoms with E-state index < -0.39 is 0 Å². The van der Waals surface area contributed by atoms with Crippen molar-refractivity contribution in [3.05, 3.63) is 30.4 Å². The summed E-state index contributed by atoms with van der Waals surface area (Å²) in [6.07, 6.45) is 12.9. The van der Waals surface area contributed by atoms with Crippen LogP contribution in [-0.4, -0.2) is 19.8 Å². The monoisotopic (exact) mass is 209 g/mol. The summed E-state index contributed by atoms with van der Waals surface area (Å²) in [5, 5.41) is 0. The van der Waals surface area contributed by atoms with Gasteiger partial charge in [-0.1, -0.05) is 25.8 Å². The van der Waals surface area contributed by atoms with Gasteiger partial charge in [0, 0.05) is 6.61 Å². The van der Waals surface area contributed by atoms with Crippen molar-refractivity contribution in [2.24, 2.45) is 0 Å². The minimum absolute atomic E-state index is 0.649. The number of unbranched alkanes of at least 4 members (excludes halogenated alkanes) is 2. The summed E-state index contributed by atoms with van der Waals surface area (Å²) in [4.78, 5) is 0. The Balaban J connectivity index is 1.88. The molecule has 0 unspecified atom stereocenters. The van der Waals surface area contributed by atoms with Crippen LogP contribution in [0.5, 0.6) is 0 Å². The number of rotatable bonds is 8. The maximum absolute atomic E-state index is 5.51. The van der Waals surface area contributed by atoms with Crippen molar-refractivity contribution in [1.29, 1.82) is 0 Å². The fourth-order valence-corrected chi connectivity index (χ4v) is 1.37. The van der Waals surface area contributed by atoms with Crippen molar-refractivity contribution in [1.82, 2.24) is 0 Å². The molecule has 0 aliphatic heterocycles. The first-order valence-corrected chi connectivity index (χ1v) is 5.84. The molecule has 15 heavy (non-hydrogen) atoms. The lowest BCUT2D eigenvalue weighted by Crippen LogP contribution is -2.05. The fourth-order valence-electron chi connectivity index (χ4n) is 1.37. The molecular formula is C13H21O2. The molecule has 2 nitrogen and oxygen atoms in total. The topological polar surface area (TPSA) is 18.5 Å². The molecule has 0 atom stereocenters. The van der Waals surface area contributed by atoms with Gasteiger partial charge >= 0.3 is 0 Å². The highest BCUT2D eigenvalue weighted by molar-refractivity contribution is 5.21. The van der Waals surface area contributed by atoms with Gasteiger partial charge in [0.05, 0.1) is 6.61 Å². The molecule has 0 aromatic carbocycles. The predicted molar refractivity (Wildman–Crippen MR) is 62.4 cm³/mol. The van der Waals surface area contributed by atoms with Crippen LogP contribution in [0.1, 0.15) is 32.6 Å². The highest BCUT2D eigenvalue weighted by Crippen LogP contribution is 2.09. The molecule has 0 bridgehead atoms. The first kappa shape index (κ1) is 12.3. The highest BCUT2D eigenvalue weighted by atomic mass is 16.5. The van der Waals surface area contributed by atoms with E-state index in [1.165, 1.54) is 12.8 Å². The third-order valence-corrected chi connectivity index (χ3v) is 2.23. The summed E-state index contributed by atoms with van der Waals surface area (Å²) in [6.45, 7) is 4.39. The normalized spacial score (nSPS) is 15.1. The summed E-state index contributed by atoms with van der Waals surface area (Å²) in [5.74, 6) is 0.943. The van der Waals surface area contributed by atoms with Crippen molar-refractivity contribution < 1.29 is 9.47 Å². The van der Waals surface area contributed by atoms with Crippen LogP contribution in [0.15, 0.2) is 24.0 Å². The number of ether oxygens (including phenoxy) is 2. The maximum atomic E-state index is 5.51. The van der Waals surface area contributed by atoms with Gasteiger partial charge in [-0.3, -0.25) is 0 Å². The molecule has 0 aromatic rings. The second-order valence-corrected chi connectivity index (χ2v) is 3.61. The smallest absolute Gasteiger partial charge is 0.115 e. The number of hydrogen-bond acceptors (Lipinski definition) is 2. The molecule has 1 aliphatic rings. The molecule has 0 amide bonds. The van der Waals surface area contributed by atoms with Crippen LogP contribution in [0.4, 0.5) is 0 Å². The van der Waals surface area contributed by atoms with Gasteiger partial charge in [0.2, 0.25) is 0 Å². The Hall–Kier alpha value is -0.760. The molecule has 0 saturated heterocycles. The van der Waals surface area contributed by atoms with E-state index in [9.17, 15) is 0 Å². The lowest BCUT2D eigenvalue weighted by Gasteiger charge is -2.09. The second kappa shape index (κ2) is 8.54. The SMILES string of the molecule is CCCCCOCCOC1=C[CH]CC=C1. The van der Waals surface area contributed by atoms with Crippen LogP contribution in [-0.2, 0) is 9.47 Å². The van der Waals surface area contributed by atoms with Gasteiger partial charge in [-0.15, -0.1) is 0 Å². The van der Waals surface area contributed by atoms with Crippen LogP contribution in [0.3, 0.4) is 0 Å². The summed E-state index contributed by atoms with van der Waals surface area (Å²) in [6, 6.07) is 0. The van der Waals surface area contributed by atoms with Crippen LogP contribution < -0.4 is 0 Å². The minimum Gasteiger partial charge on any atom is -0.492 e. The van der Waals surface area contributed by atoms with Gasteiger partial charge < -0.3 is 9.47 Å². The Labute approximate surface area is 93.0 Å². The molecule has 0 aromatic heterocycles. The van der Waals surface area contributed by atoms with E-state index in [4.69, 9.17) is 9.47 Å². The van der Waals surface area contributed by atoms with Crippen molar-refractivity contribution >= 4 is 0 Å². The molecule has 1 radical (unpaired) electrons. The van der Waals surface area contributed by atoms with E-state index in [2.05, 4.69) is 19.4 Å². The number of hydrogen-bond donors (Lipinski definition) is 0. The Kier molecular flexibility index (Phi) is 7.01. The lowest BCUT2D eigenvalue weighted by molar-refractivity contribution is 0.0765. The average molecular weight is 209 g/mol. The standard InChI is InChI=1S/C13H21O2/c1-2-3-7-10-14-11-12-15-13-8-5-4-6-9-13/h5-6,8-9H,2-4,7,10-12H2,1H3. The van der Waals surface area contributed by atoms with Crippen LogP contribution in [0.2, 0.25) is 0 Å². The molecule has 0 fully saturated rings. The Morgan fingerprint density at radius 1 is 1.20 bits per heavy atom. The Morgan fingerprint density at radius 2 is 2.13 bits per heavy atom. The highest BCUT2D eigenvalue weighted by Gasteiger charge is 1.97. The molecule has 1 aliphatic carbocycles. The van der Waals surface area contributed by atoms with Gasteiger partial charge in [0.25, 0.3) is 0 Å². The van der Waals surface area contributed by atoms with Gasteiger partial charge in [0.1, 0.15) is 12.4 Å². The van der Waals surface area contributed by atoms with E-state index in [0.29, 0.717) is 13.2 Å². The van der Waals surface area contributed by atoms with Crippen LogP contribution >= 0.6 is 0 Å². The zero-order valence-corrected chi connectivity index (χ0v) is 9.58. The van der Waals surface area contributed by atoms with Gasteiger partial charge in [0.15, 0.2) is 0 Å². The fraction of sp³-hybridized carbons (Fsp3) is 0.615. The molecule has 0 N–H and O–H groups in total. The summed E-state index contributed by atoms with van der Waals surface area (Å²) in [7, 11) is 0. The van der Waals surface area contributed by atoms with Crippen molar-refractivity contribution in [3.8, 4) is 0 Å². The first-order valence-electron chi connectivity index (χ1n) is 5.84. The minimum atomic E-state index is 0.649. The van der Waals surface area contributed by atoms with Gasteiger partial charge in [-0.25, -0.2) is 0 Å². The molecular weight excluding hydrogens is 188 g/mol. The molecule has 0 saturated carbocycles. The van der Waals surface area contributed by atoms with Crippen LogP contribution in [0, 0.1) is 6.42 Å². The van der Waals surface area contributed by atoms with E-state index >= 15 is 0 Å². The predicted octanol–water partition coefficient (Wildman–Crippen LogP) is 3.26. The zero-order valence-electron chi connectivity index (χ0n) is 9.58. The van der Waals surface area contributed by atoms with E-state index in [1.54, 1.807) is 0 Å². The zero-order chi connectivity index (χ0) is 10.8. The number of allylic oxidation sites excluding steroid dienone is 3. The second-order valence-electron chi connectivity index (χ2n) is 3.61. The maximum Gasteiger partial charge on any atom is 0.115 e. The van der Waals surface area contributed by atoms with E-state index in [1.807, 2.05) is 12.2 Å². The molecule has 2 heteroatoms. The molecule has 0 heterocycles. The Bertz CT molecular complexity index is 207. The molecule has 85 valence electrons. The third-order valence-electron chi connectivity index (χ3n) is 2.23. The van der Waals surface area contributed by atoms with E-state index in [0.717, 1.165) is 25.2 Å². The van der Waals surface area contributed by atoms with Crippen LogP contribution in [0.25, 0.3) is 0 Å². The summed E-state index contributed by atoms with van der Waals surface area (Å²) < 4.78 is 10.9. The van der Waals surface area contributed by atoms with Gasteiger partial charge in [-0.2, -0.15) is 0 Å². The lowest BCUT2D eigenvalue weighted by atomic mass is 10.2. The third kappa shape index (κ3) is 6.34. The summed E-state index contributed by atoms with van der Waals surface area (Å²) in [5.41, 5.74) is 0. The Morgan fingerprint density at radius 3 is 2.87 bits per heavy atom. The molecule has 1 rings (SSSR count). The molecule has 0 spiro atoms. The quantitative estimate of drug-likeness (QED) is 0.571. The largest absolute Gasteiger partial charge is 0.492 e. The van der Waals surface area contributed by atoms with Crippen molar-refractivity contribution in [2.75, 3.05) is 19.8 Å². The van der Waals surface area contributed by atoms with E-state index in [-0.39, 0.29) is 0 Å². The van der Waals surface area contributed by atoms with Crippen molar-refractivity contribution in [2.45, 2.75) is 32.6 Å². The first-order chi connectivity index (χ1) is 7.43. The average Bonchev–Trinajstić information content (AvgIpc) is 2.29. The van der Waals surface area contributed by atoms with Gasteiger partial charge in [-0.05, 0) is 31.4 Å². The summed E-state index contributed by atoms with van der Waals surface area (Å²) >= 11 is 0.